The monoisotopic (exact) mass is 384 g/mol. The minimum absolute atomic E-state index is 0.0480. The minimum atomic E-state index is -0.208. The van der Waals surface area contributed by atoms with Crippen LogP contribution in [0.1, 0.15) is 12.8 Å². The molecule has 1 N–H and O–H groups in total. The Balaban J connectivity index is 1.47. The summed E-state index contributed by atoms with van der Waals surface area (Å²) in [5, 5.41) is 4.14. The number of anilines is 2. The first-order valence-electron chi connectivity index (χ1n) is 8.43. The zero-order chi connectivity index (χ0) is 17.9. The van der Waals surface area contributed by atoms with Gasteiger partial charge in [0.1, 0.15) is 6.04 Å². The summed E-state index contributed by atoms with van der Waals surface area (Å²) in [7, 11) is 0. The number of rotatable bonds is 4. The number of nitrogens with zero attached hydrogens (tertiary/aromatic N) is 3. The third-order valence-electron chi connectivity index (χ3n) is 4.40. The van der Waals surface area contributed by atoms with Gasteiger partial charge in [-0.1, -0.05) is 41.9 Å². The van der Waals surface area contributed by atoms with Gasteiger partial charge in [-0.2, -0.15) is 9.36 Å². The average molecular weight is 385 g/mol. The number of halogens is 1. The lowest BCUT2D eigenvalue weighted by atomic mass is 10.2. The summed E-state index contributed by atoms with van der Waals surface area (Å²) in [6.45, 7) is 0.852. The van der Waals surface area contributed by atoms with E-state index in [2.05, 4.69) is 19.6 Å². The average Bonchev–Trinajstić information content (AvgIpc) is 3.33. The zero-order valence-electron chi connectivity index (χ0n) is 13.9. The van der Waals surface area contributed by atoms with Gasteiger partial charge in [0.2, 0.25) is 11.0 Å². The van der Waals surface area contributed by atoms with Crippen molar-refractivity contribution in [3.8, 4) is 11.4 Å². The second kappa shape index (κ2) is 7.43. The van der Waals surface area contributed by atoms with Gasteiger partial charge < -0.3 is 4.90 Å². The van der Waals surface area contributed by atoms with Crippen LogP contribution in [0.2, 0.25) is 5.02 Å². The predicted molar refractivity (Wildman–Crippen MR) is 106 cm³/mol. The summed E-state index contributed by atoms with van der Waals surface area (Å²) in [4.78, 5) is 19.3. The molecule has 2 aromatic carbocycles. The molecule has 0 bridgehead atoms. The highest BCUT2D eigenvalue weighted by Crippen LogP contribution is 2.28. The van der Waals surface area contributed by atoms with E-state index in [9.17, 15) is 4.79 Å². The van der Waals surface area contributed by atoms with E-state index < -0.39 is 0 Å². The molecular formula is C19H17ClN4OS. The second-order valence-electron chi connectivity index (χ2n) is 6.11. The van der Waals surface area contributed by atoms with Crippen LogP contribution in [0, 0.1) is 0 Å². The molecule has 1 aliphatic rings. The molecule has 0 saturated carbocycles. The predicted octanol–water partition coefficient (Wildman–Crippen LogP) is 4.47. The van der Waals surface area contributed by atoms with Crippen LogP contribution in [0.3, 0.4) is 0 Å². The molecule has 2 heterocycles. The number of carbonyl (C=O) groups is 1. The molecule has 1 atom stereocenters. The Hall–Kier alpha value is -2.44. The van der Waals surface area contributed by atoms with Crippen molar-refractivity contribution in [3.05, 3.63) is 59.6 Å². The van der Waals surface area contributed by atoms with Crippen molar-refractivity contribution >= 4 is 39.9 Å². The molecule has 0 spiro atoms. The Labute approximate surface area is 160 Å². The fraction of sp³-hybridized carbons (Fsp3) is 0.211. The molecule has 132 valence electrons. The van der Waals surface area contributed by atoms with Gasteiger partial charge in [-0.05, 0) is 37.1 Å². The lowest BCUT2D eigenvalue weighted by Gasteiger charge is -2.25. The van der Waals surface area contributed by atoms with Crippen molar-refractivity contribution in [1.82, 2.24) is 9.36 Å². The molecule has 1 aliphatic heterocycles. The van der Waals surface area contributed by atoms with Crippen LogP contribution in [0.5, 0.6) is 0 Å². The van der Waals surface area contributed by atoms with Crippen LogP contribution in [0.4, 0.5) is 10.8 Å². The lowest BCUT2D eigenvalue weighted by Crippen LogP contribution is -2.39. The molecule has 0 radical (unpaired) electrons. The molecule has 0 unspecified atom stereocenters. The van der Waals surface area contributed by atoms with Gasteiger partial charge in [-0.25, -0.2) is 0 Å². The van der Waals surface area contributed by atoms with Crippen LogP contribution >= 0.6 is 23.1 Å². The lowest BCUT2D eigenvalue weighted by molar-refractivity contribution is -0.117. The highest BCUT2D eigenvalue weighted by molar-refractivity contribution is 7.10. The number of hydrogen-bond donors (Lipinski definition) is 1. The van der Waals surface area contributed by atoms with Gasteiger partial charge in [0.15, 0.2) is 5.82 Å². The van der Waals surface area contributed by atoms with Crippen molar-refractivity contribution in [1.29, 1.82) is 0 Å². The van der Waals surface area contributed by atoms with E-state index in [0.717, 1.165) is 30.6 Å². The van der Waals surface area contributed by atoms with E-state index in [-0.39, 0.29) is 11.9 Å². The van der Waals surface area contributed by atoms with Gasteiger partial charge in [0.25, 0.3) is 0 Å². The highest BCUT2D eigenvalue weighted by atomic mass is 35.5. The van der Waals surface area contributed by atoms with Gasteiger partial charge in [-0.3, -0.25) is 10.1 Å². The first kappa shape index (κ1) is 17.0. The fourth-order valence-corrected chi connectivity index (χ4v) is 3.87. The number of aromatic nitrogens is 2. The minimum Gasteiger partial charge on any atom is -0.360 e. The normalized spacial score (nSPS) is 16.7. The van der Waals surface area contributed by atoms with Crippen LogP contribution in [-0.2, 0) is 4.79 Å². The van der Waals surface area contributed by atoms with Crippen molar-refractivity contribution in [3.63, 3.8) is 0 Å². The molecule has 3 aromatic rings. The zero-order valence-corrected chi connectivity index (χ0v) is 15.5. The summed E-state index contributed by atoms with van der Waals surface area (Å²) in [6, 6.07) is 17.1. The first-order chi connectivity index (χ1) is 12.7. The maximum Gasteiger partial charge on any atom is 0.248 e. The Kier molecular flexibility index (Phi) is 4.86. The van der Waals surface area contributed by atoms with Crippen LogP contribution in [0.25, 0.3) is 11.4 Å². The summed E-state index contributed by atoms with van der Waals surface area (Å²) in [5.74, 6) is 0.583. The molecule has 0 aliphatic carbocycles. The van der Waals surface area contributed by atoms with Crippen molar-refractivity contribution in [2.75, 3.05) is 16.8 Å². The largest absolute Gasteiger partial charge is 0.360 e. The Morgan fingerprint density at radius 1 is 1.15 bits per heavy atom. The number of hydrogen-bond acceptors (Lipinski definition) is 5. The molecule has 1 saturated heterocycles. The SMILES string of the molecule is O=C(Nc1nc(-c2ccccc2)ns1)[C@@H]1CCCN1c1ccc(Cl)cc1. The fourth-order valence-electron chi connectivity index (χ4n) is 3.15. The second-order valence-corrected chi connectivity index (χ2v) is 7.29. The summed E-state index contributed by atoms with van der Waals surface area (Å²) in [5.41, 5.74) is 1.95. The third-order valence-corrected chi connectivity index (χ3v) is 5.28. The third kappa shape index (κ3) is 3.57. The van der Waals surface area contributed by atoms with Gasteiger partial charge in [0.05, 0.1) is 0 Å². The molecular weight excluding hydrogens is 368 g/mol. The summed E-state index contributed by atoms with van der Waals surface area (Å²) in [6.07, 6.45) is 1.80. The van der Waals surface area contributed by atoms with Crippen LogP contribution in [-0.4, -0.2) is 27.9 Å². The molecule has 1 aromatic heterocycles. The number of carbonyl (C=O) groups excluding carboxylic acids is 1. The molecule has 4 rings (SSSR count). The number of benzene rings is 2. The number of nitrogens with one attached hydrogen (secondary N) is 1. The van der Waals surface area contributed by atoms with E-state index in [1.807, 2.05) is 54.6 Å². The summed E-state index contributed by atoms with van der Waals surface area (Å²) < 4.78 is 4.34. The summed E-state index contributed by atoms with van der Waals surface area (Å²) >= 11 is 7.17. The van der Waals surface area contributed by atoms with E-state index in [1.165, 1.54) is 11.5 Å². The molecule has 26 heavy (non-hydrogen) atoms. The maximum atomic E-state index is 12.8. The molecule has 1 fully saturated rings. The Bertz CT molecular complexity index is 897. The standard InChI is InChI=1S/C19H17ClN4OS/c20-14-8-10-15(11-9-14)24-12-4-7-16(24)18(25)22-19-21-17(23-26-19)13-5-2-1-3-6-13/h1-3,5-6,8-11,16H,4,7,12H2,(H,21,22,23,25)/t16-/m0/s1. The van der Waals surface area contributed by atoms with E-state index in [1.54, 1.807) is 0 Å². The Morgan fingerprint density at radius 2 is 1.92 bits per heavy atom. The van der Waals surface area contributed by atoms with E-state index in [4.69, 9.17) is 11.6 Å². The van der Waals surface area contributed by atoms with Crippen LogP contribution < -0.4 is 10.2 Å². The van der Waals surface area contributed by atoms with Crippen molar-refractivity contribution in [2.45, 2.75) is 18.9 Å². The Morgan fingerprint density at radius 3 is 2.69 bits per heavy atom. The smallest absolute Gasteiger partial charge is 0.248 e. The maximum absolute atomic E-state index is 12.8. The van der Waals surface area contributed by atoms with Crippen molar-refractivity contribution in [2.24, 2.45) is 0 Å². The van der Waals surface area contributed by atoms with Gasteiger partial charge >= 0.3 is 0 Å². The van der Waals surface area contributed by atoms with E-state index in [0.29, 0.717) is 16.0 Å². The topological polar surface area (TPSA) is 58.1 Å². The number of amides is 1. The quantitative estimate of drug-likeness (QED) is 0.721. The van der Waals surface area contributed by atoms with Crippen LogP contribution in [0.15, 0.2) is 54.6 Å². The van der Waals surface area contributed by atoms with E-state index >= 15 is 0 Å². The molecule has 1 amide bonds. The highest BCUT2D eigenvalue weighted by Gasteiger charge is 2.31. The molecule has 5 nitrogen and oxygen atoms in total. The molecule has 7 heteroatoms. The van der Waals surface area contributed by atoms with Gasteiger partial charge in [-0.15, -0.1) is 0 Å². The van der Waals surface area contributed by atoms with Gasteiger partial charge in [0, 0.05) is 34.4 Å². The van der Waals surface area contributed by atoms with Crippen molar-refractivity contribution < 1.29 is 4.79 Å². The first-order valence-corrected chi connectivity index (χ1v) is 9.58.